The lowest BCUT2D eigenvalue weighted by Gasteiger charge is -2.11. The third-order valence-electron chi connectivity index (χ3n) is 2.65. The van der Waals surface area contributed by atoms with Gasteiger partial charge < -0.3 is 10.1 Å². The Hall–Kier alpha value is -2.00. The summed E-state index contributed by atoms with van der Waals surface area (Å²) in [6, 6.07) is 14.8. The van der Waals surface area contributed by atoms with E-state index in [9.17, 15) is 4.79 Å². The van der Waals surface area contributed by atoms with Gasteiger partial charge in [-0.2, -0.15) is 0 Å². The molecule has 4 heteroatoms. The van der Waals surface area contributed by atoms with Crippen LogP contribution in [0.15, 0.2) is 48.5 Å². The largest absolute Gasteiger partial charge is 0.493 e. The van der Waals surface area contributed by atoms with Crippen LogP contribution in [0.1, 0.15) is 5.56 Å². The fourth-order valence-electron chi connectivity index (χ4n) is 1.79. The van der Waals surface area contributed by atoms with Crippen LogP contribution in [0.4, 0.5) is 5.69 Å². The second-order valence-corrected chi connectivity index (χ2v) is 4.44. The summed E-state index contributed by atoms with van der Waals surface area (Å²) in [5.41, 5.74) is 1.54. The normalized spacial score (nSPS) is 10.0. The van der Waals surface area contributed by atoms with Gasteiger partial charge in [-0.05, 0) is 17.7 Å². The first-order valence-electron chi connectivity index (χ1n) is 5.87. The minimum atomic E-state index is -0.105. The van der Waals surface area contributed by atoms with E-state index in [1.165, 1.54) is 7.11 Å². The number of halogens is 1. The van der Waals surface area contributed by atoms with E-state index >= 15 is 0 Å². The SMILES string of the molecule is COc1c(Cl)cccc1NC(=O)Cc1ccccc1. The maximum absolute atomic E-state index is 12.0. The van der Waals surface area contributed by atoms with Crippen LogP contribution in [-0.4, -0.2) is 13.0 Å². The molecule has 3 nitrogen and oxygen atoms in total. The Balaban J connectivity index is 2.09. The van der Waals surface area contributed by atoms with Gasteiger partial charge in [0.15, 0.2) is 5.75 Å². The fraction of sp³-hybridized carbons (Fsp3) is 0.133. The lowest BCUT2D eigenvalue weighted by atomic mass is 10.1. The molecule has 19 heavy (non-hydrogen) atoms. The summed E-state index contributed by atoms with van der Waals surface area (Å²) in [5, 5.41) is 3.27. The van der Waals surface area contributed by atoms with Crippen molar-refractivity contribution < 1.29 is 9.53 Å². The maximum Gasteiger partial charge on any atom is 0.228 e. The number of carbonyl (C=O) groups is 1. The number of ether oxygens (including phenoxy) is 1. The molecule has 2 aromatic carbocycles. The molecular weight excluding hydrogens is 262 g/mol. The van der Waals surface area contributed by atoms with Crippen molar-refractivity contribution in [3.05, 3.63) is 59.1 Å². The Morgan fingerprint density at radius 2 is 1.89 bits per heavy atom. The quantitative estimate of drug-likeness (QED) is 0.927. The molecule has 0 saturated heterocycles. The number of hydrogen-bond acceptors (Lipinski definition) is 2. The van der Waals surface area contributed by atoms with Crippen LogP contribution in [0, 0.1) is 0 Å². The van der Waals surface area contributed by atoms with Crippen LogP contribution >= 0.6 is 11.6 Å². The highest BCUT2D eigenvalue weighted by atomic mass is 35.5. The van der Waals surface area contributed by atoms with Crippen molar-refractivity contribution >= 4 is 23.2 Å². The molecule has 2 aromatic rings. The predicted molar refractivity (Wildman–Crippen MR) is 76.8 cm³/mol. The molecule has 1 amide bonds. The maximum atomic E-state index is 12.0. The van der Waals surface area contributed by atoms with Crippen LogP contribution < -0.4 is 10.1 Å². The van der Waals surface area contributed by atoms with Crippen molar-refractivity contribution in [2.45, 2.75) is 6.42 Å². The summed E-state index contributed by atoms with van der Waals surface area (Å²) < 4.78 is 5.18. The zero-order valence-electron chi connectivity index (χ0n) is 10.5. The molecule has 0 saturated carbocycles. The highest BCUT2D eigenvalue weighted by molar-refractivity contribution is 6.32. The number of amides is 1. The van der Waals surface area contributed by atoms with E-state index in [4.69, 9.17) is 16.3 Å². The van der Waals surface area contributed by atoms with Gasteiger partial charge in [0.25, 0.3) is 0 Å². The van der Waals surface area contributed by atoms with E-state index in [1.54, 1.807) is 18.2 Å². The Morgan fingerprint density at radius 1 is 1.16 bits per heavy atom. The molecule has 0 spiro atoms. The Morgan fingerprint density at radius 3 is 2.58 bits per heavy atom. The van der Waals surface area contributed by atoms with E-state index in [1.807, 2.05) is 30.3 Å². The number of nitrogens with one attached hydrogen (secondary N) is 1. The van der Waals surface area contributed by atoms with E-state index in [0.29, 0.717) is 22.9 Å². The van der Waals surface area contributed by atoms with Crippen molar-refractivity contribution in [2.24, 2.45) is 0 Å². The van der Waals surface area contributed by atoms with E-state index in [-0.39, 0.29) is 5.91 Å². The predicted octanol–water partition coefficient (Wildman–Crippen LogP) is 3.53. The van der Waals surface area contributed by atoms with Gasteiger partial charge in [0.2, 0.25) is 5.91 Å². The van der Waals surface area contributed by atoms with Gasteiger partial charge in [-0.1, -0.05) is 48.0 Å². The zero-order valence-corrected chi connectivity index (χ0v) is 11.3. The number of methoxy groups -OCH3 is 1. The van der Waals surface area contributed by atoms with Crippen molar-refractivity contribution in [3.63, 3.8) is 0 Å². The van der Waals surface area contributed by atoms with Crippen LogP contribution in [0.3, 0.4) is 0 Å². The monoisotopic (exact) mass is 275 g/mol. The average molecular weight is 276 g/mol. The second kappa shape index (κ2) is 6.25. The lowest BCUT2D eigenvalue weighted by molar-refractivity contribution is -0.115. The molecule has 0 aliphatic heterocycles. The summed E-state index contributed by atoms with van der Waals surface area (Å²) in [4.78, 5) is 12.0. The summed E-state index contributed by atoms with van der Waals surface area (Å²) in [5.74, 6) is 0.373. The van der Waals surface area contributed by atoms with Gasteiger partial charge in [-0.15, -0.1) is 0 Å². The number of hydrogen-bond donors (Lipinski definition) is 1. The molecule has 0 aliphatic rings. The molecule has 0 aliphatic carbocycles. The number of para-hydroxylation sites is 1. The van der Waals surface area contributed by atoms with E-state index in [2.05, 4.69) is 5.32 Å². The Bertz CT molecular complexity index is 570. The molecule has 0 atom stereocenters. The number of benzene rings is 2. The molecule has 0 aromatic heterocycles. The molecule has 0 heterocycles. The van der Waals surface area contributed by atoms with Gasteiger partial charge >= 0.3 is 0 Å². The van der Waals surface area contributed by atoms with Crippen LogP contribution in [-0.2, 0) is 11.2 Å². The van der Waals surface area contributed by atoms with Gasteiger partial charge in [0, 0.05) is 0 Å². The Labute approximate surface area is 117 Å². The molecule has 0 fully saturated rings. The molecule has 0 bridgehead atoms. The minimum absolute atomic E-state index is 0.105. The number of rotatable bonds is 4. The standard InChI is InChI=1S/C15H14ClNO2/c1-19-15-12(16)8-5-9-13(15)17-14(18)10-11-6-3-2-4-7-11/h2-9H,10H2,1H3,(H,17,18). The smallest absolute Gasteiger partial charge is 0.228 e. The van der Waals surface area contributed by atoms with Crippen molar-refractivity contribution in [1.82, 2.24) is 0 Å². The summed E-state index contributed by atoms with van der Waals surface area (Å²) >= 11 is 6.00. The first-order valence-corrected chi connectivity index (χ1v) is 6.25. The zero-order chi connectivity index (χ0) is 13.7. The second-order valence-electron chi connectivity index (χ2n) is 4.03. The van der Waals surface area contributed by atoms with Crippen LogP contribution in [0.2, 0.25) is 5.02 Å². The molecule has 0 unspecified atom stereocenters. The third-order valence-corrected chi connectivity index (χ3v) is 2.95. The van der Waals surface area contributed by atoms with Gasteiger partial charge in [0.1, 0.15) is 0 Å². The van der Waals surface area contributed by atoms with Gasteiger partial charge in [-0.25, -0.2) is 0 Å². The summed E-state index contributed by atoms with van der Waals surface area (Å²) in [6.45, 7) is 0. The molecule has 1 N–H and O–H groups in total. The van der Waals surface area contributed by atoms with Crippen LogP contribution in [0.25, 0.3) is 0 Å². The van der Waals surface area contributed by atoms with Crippen molar-refractivity contribution in [3.8, 4) is 5.75 Å². The topological polar surface area (TPSA) is 38.3 Å². The van der Waals surface area contributed by atoms with Crippen molar-refractivity contribution in [1.29, 1.82) is 0 Å². The number of anilines is 1. The summed E-state index contributed by atoms with van der Waals surface area (Å²) in [6.07, 6.45) is 0.316. The molecular formula is C15H14ClNO2. The molecule has 2 rings (SSSR count). The lowest BCUT2D eigenvalue weighted by Crippen LogP contribution is -2.15. The van der Waals surface area contributed by atoms with Gasteiger partial charge in [0.05, 0.1) is 24.2 Å². The van der Waals surface area contributed by atoms with Gasteiger partial charge in [-0.3, -0.25) is 4.79 Å². The van der Waals surface area contributed by atoms with Crippen LogP contribution in [0.5, 0.6) is 5.75 Å². The molecule has 0 radical (unpaired) electrons. The van der Waals surface area contributed by atoms with Crippen molar-refractivity contribution in [2.75, 3.05) is 12.4 Å². The first-order chi connectivity index (χ1) is 9.20. The van der Waals surface area contributed by atoms with E-state index in [0.717, 1.165) is 5.56 Å². The highest BCUT2D eigenvalue weighted by Gasteiger charge is 2.10. The summed E-state index contributed by atoms with van der Waals surface area (Å²) in [7, 11) is 1.52. The Kier molecular flexibility index (Phi) is 4.42. The number of carbonyl (C=O) groups excluding carboxylic acids is 1. The first kappa shape index (κ1) is 13.4. The molecule has 98 valence electrons. The minimum Gasteiger partial charge on any atom is -0.493 e. The highest BCUT2D eigenvalue weighted by Crippen LogP contribution is 2.32. The average Bonchev–Trinajstić information content (AvgIpc) is 2.40. The third kappa shape index (κ3) is 3.48. The fourth-order valence-corrected chi connectivity index (χ4v) is 2.04. The van der Waals surface area contributed by atoms with E-state index < -0.39 is 0 Å².